The van der Waals surface area contributed by atoms with Gasteiger partial charge in [0.25, 0.3) is 5.91 Å². The van der Waals surface area contributed by atoms with E-state index in [0.29, 0.717) is 17.4 Å². The number of benzene rings is 3. The van der Waals surface area contributed by atoms with Crippen molar-refractivity contribution in [3.63, 3.8) is 0 Å². The van der Waals surface area contributed by atoms with Gasteiger partial charge in [-0.15, -0.1) is 0 Å². The Morgan fingerprint density at radius 3 is 2.22 bits per heavy atom. The molecule has 0 aliphatic carbocycles. The van der Waals surface area contributed by atoms with Crippen molar-refractivity contribution >= 4 is 40.8 Å². The van der Waals surface area contributed by atoms with Gasteiger partial charge in [0, 0.05) is 10.6 Å². The standard InChI is InChI=1S/C23H19Cl2NO5.Li/c1-2-30-16-6-3-14(4-7-16)13-31-17-8-10-21(19(12-17)23(28)29)26-22(27)18-9-5-15(24)11-20(18)25;/h3-12H,2,13H2,1H3,(H,26,27)(H,28,29);/q;+1/p-1. The van der Waals surface area contributed by atoms with Gasteiger partial charge in [-0.3, -0.25) is 4.79 Å². The number of hydrogen-bond donors (Lipinski definition) is 1. The van der Waals surface area contributed by atoms with Gasteiger partial charge >= 0.3 is 18.9 Å². The number of aromatic carboxylic acids is 1. The molecule has 1 N–H and O–H groups in total. The molecule has 0 aliphatic rings. The van der Waals surface area contributed by atoms with Crippen LogP contribution in [0.3, 0.4) is 0 Å². The second-order valence-corrected chi connectivity index (χ2v) is 7.28. The van der Waals surface area contributed by atoms with Crippen molar-refractivity contribution in [1.29, 1.82) is 0 Å². The molecule has 3 aromatic rings. The van der Waals surface area contributed by atoms with Gasteiger partial charge in [-0.1, -0.05) is 35.3 Å². The number of halogens is 2. The monoisotopic (exact) mass is 465 g/mol. The molecule has 0 saturated heterocycles. The molecule has 0 unspecified atom stereocenters. The number of hydrogen-bond acceptors (Lipinski definition) is 5. The van der Waals surface area contributed by atoms with E-state index in [1.54, 1.807) is 6.07 Å². The second-order valence-electron chi connectivity index (χ2n) is 6.44. The maximum absolute atomic E-state index is 12.5. The summed E-state index contributed by atoms with van der Waals surface area (Å²) in [5.74, 6) is -0.960. The molecule has 0 bridgehead atoms. The number of ether oxygens (including phenoxy) is 2. The van der Waals surface area contributed by atoms with Crippen LogP contribution in [0.4, 0.5) is 5.69 Å². The van der Waals surface area contributed by atoms with Crippen LogP contribution in [0.2, 0.25) is 10.0 Å². The molecular formula is C23H18Cl2LiNO5. The van der Waals surface area contributed by atoms with Gasteiger partial charge in [-0.25, -0.2) is 0 Å². The Morgan fingerprint density at radius 1 is 0.906 bits per heavy atom. The summed E-state index contributed by atoms with van der Waals surface area (Å²) in [6, 6.07) is 16.0. The molecule has 0 spiro atoms. The van der Waals surface area contributed by atoms with Crippen LogP contribution in [0.25, 0.3) is 0 Å². The average Bonchev–Trinajstić information content (AvgIpc) is 2.74. The van der Waals surface area contributed by atoms with E-state index in [4.69, 9.17) is 32.7 Å². The number of carboxylic acid groups (broad SMARTS) is 1. The molecule has 6 nitrogen and oxygen atoms in total. The van der Waals surface area contributed by atoms with Gasteiger partial charge < -0.3 is 24.7 Å². The first-order valence-corrected chi connectivity index (χ1v) is 10.1. The Bertz CT molecular complexity index is 1110. The summed E-state index contributed by atoms with van der Waals surface area (Å²) in [5, 5.41) is 14.7. The van der Waals surface area contributed by atoms with Crippen molar-refractivity contribution in [2.75, 3.05) is 11.9 Å². The zero-order valence-electron chi connectivity index (χ0n) is 17.5. The summed E-state index contributed by atoms with van der Waals surface area (Å²) in [6.45, 7) is 2.71. The van der Waals surface area contributed by atoms with E-state index in [-0.39, 0.29) is 47.3 Å². The molecule has 160 valence electrons. The number of nitrogens with one attached hydrogen (secondary N) is 1. The number of carboxylic acids is 1. The Hall–Kier alpha value is -2.62. The number of anilines is 1. The van der Waals surface area contributed by atoms with E-state index >= 15 is 0 Å². The van der Waals surface area contributed by atoms with E-state index in [1.807, 2.05) is 31.2 Å². The molecular weight excluding hydrogens is 448 g/mol. The first kappa shape index (κ1) is 25.6. The molecule has 9 heteroatoms. The van der Waals surface area contributed by atoms with Crippen molar-refractivity contribution in [3.05, 3.63) is 87.4 Å². The number of carbonyl (C=O) groups excluding carboxylic acids is 2. The first-order valence-electron chi connectivity index (χ1n) is 9.33. The van der Waals surface area contributed by atoms with Crippen LogP contribution in [0, 0.1) is 0 Å². The fourth-order valence-corrected chi connectivity index (χ4v) is 3.26. The normalized spacial score (nSPS) is 10.1. The first-order chi connectivity index (χ1) is 14.9. The maximum Gasteiger partial charge on any atom is 1.00 e. The van der Waals surface area contributed by atoms with Crippen molar-refractivity contribution in [1.82, 2.24) is 0 Å². The summed E-state index contributed by atoms with van der Waals surface area (Å²) in [6.07, 6.45) is 0. The van der Waals surface area contributed by atoms with E-state index < -0.39 is 11.9 Å². The minimum absolute atomic E-state index is 0. The Labute approximate surface area is 207 Å². The molecule has 0 heterocycles. The predicted molar refractivity (Wildman–Crippen MR) is 117 cm³/mol. The molecule has 0 aliphatic heterocycles. The Balaban J connectivity index is 0.00000363. The molecule has 3 rings (SSSR count). The van der Waals surface area contributed by atoms with Gasteiger partial charge in [0.2, 0.25) is 0 Å². The van der Waals surface area contributed by atoms with E-state index in [9.17, 15) is 14.7 Å². The van der Waals surface area contributed by atoms with Gasteiger partial charge in [0.15, 0.2) is 0 Å². The number of amides is 1. The smallest absolute Gasteiger partial charge is 0.545 e. The molecule has 0 fully saturated rings. The van der Waals surface area contributed by atoms with Crippen molar-refractivity contribution in [3.8, 4) is 11.5 Å². The van der Waals surface area contributed by atoms with Crippen molar-refractivity contribution in [2.24, 2.45) is 0 Å². The third-order valence-electron chi connectivity index (χ3n) is 4.27. The fraction of sp³-hybridized carbons (Fsp3) is 0.130. The maximum atomic E-state index is 12.5. The van der Waals surface area contributed by atoms with E-state index in [0.717, 1.165) is 11.3 Å². The molecule has 3 aromatic carbocycles. The quantitative estimate of drug-likeness (QED) is 0.510. The van der Waals surface area contributed by atoms with Crippen molar-refractivity contribution in [2.45, 2.75) is 13.5 Å². The number of rotatable bonds is 8. The van der Waals surface area contributed by atoms with Crippen LogP contribution in [-0.2, 0) is 6.61 Å². The summed E-state index contributed by atoms with van der Waals surface area (Å²) >= 11 is 11.9. The minimum Gasteiger partial charge on any atom is -0.545 e. The summed E-state index contributed by atoms with van der Waals surface area (Å²) < 4.78 is 11.1. The molecule has 0 aromatic heterocycles. The molecule has 0 atom stereocenters. The summed E-state index contributed by atoms with van der Waals surface area (Å²) in [4.78, 5) is 24.1. The summed E-state index contributed by atoms with van der Waals surface area (Å²) in [7, 11) is 0. The molecule has 1 amide bonds. The van der Waals surface area contributed by atoms with Crippen LogP contribution >= 0.6 is 23.2 Å². The Morgan fingerprint density at radius 2 is 1.59 bits per heavy atom. The predicted octanol–water partition coefficient (Wildman–Crippen LogP) is 1.59. The van der Waals surface area contributed by atoms with Gasteiger partial charge in [0.05, 0.1) is 28.8 Å². The molecule has 0 saturated carbocycles. The van der Waals surface area contributed by atoms with Gasteiger partial charge in [0.1, 0.15) is 18.1 Å². The second kappa shape index (κ2) is 11.8. The van der Waals surface area contributed by atoms with Crippen LogP contribution in [0.15, 0.2) is 60.7 Å². The zero-order chi connectivity index (χ0) is 22.4. The molecule has 0 radical (unpaired) electrons. The Kier molecular flexibility index (Phi) is 9.49. The van der Waals surface area contributed by atoms with Crippen LogP contribution < -0.4 is 38.8 Å². The van der Waals surface area contributed by atoms with Crippen LogP contribution in [0.1, 0.15) is 33.2 Å². The fourth-order valence-electron chi connectivity index (χ4n) is 2.77. The zero-order valence-corrected chi connectivity index (χ0v) is 19.0. The third-order valence-corrected chi connectivity index (χ3v) is 4.82. The van der Waals surface area contributed by atoms with E-state index in [1.165, 1.54) is 30.3 Å². The van der Waals surface area contributed by atoms with Crippen LogP contribution in [-0.4, -0.2) is 18.5 Å². The topological polar surface area (TPSA) is 87.7 Å². The van der Waals surface area contributed by atoms with E-state index in [2.05, 4.69) is 5.32 Å². The van der Waals surface area contributed by atoms with Gasteiger partial charge in [-0.2, -0.15) is 0 Å². The SMILES string of the molecule is CCOc1ccc(COc2ccc(NC(=O)c3ccc(Cl)cc3Cl)c(C(=O)[O-])c2)cc1.[Li+]. The van der Waals surface area contributed by atoms with Gasteiger partial charge in [-0.05, 0) is 61.0 Å². The summed E-state index contributed by atoms with van der Waals surface area (Å²) in [5.41, 5.74) is 0.881. The molecule has 32 heavy (non-hydrogen) atoms. The number of carbonyl (C=O) groups is 2. The van der Waals surface area contributed by atoms with Crippen molar-refractivity contribution < 1.29 is 43.0 Å². The average molecular weight is 466 g/mol. The minimum atomic E-state index is -1.45. The third kappa shape index (κ3) is 6.69. The largest absolute Gasteiger partial charge is 1.00 e. The van der Waals surface area contributed by atoms with Crippen LogP contribution in [0.5, 0.6) is 11.5 Å².